The first kappa shape index (κ1) is 14.6. The predicted octanol–water partition coefficient (Wildman–Crippen LogP) is 3.15. The van der Waals surface area contributed by atoms with E-state index in [2.05, 4.69) is 37.3 Å². The molecule has 1 heterocycles. The third-order valence-corrected chi connectivity index (χ3v) is 6.83. The van der Waals surface area contributed by atoms with Crippen molar-refractivity contribution < 1.29 is 9.47 Å². The van der Waals surface area contributed by atoms with E-state index in [0.29, 0.717) is 21.1 Å². The van der Waals surface area contributed by atoms with Crippen molar-refractivity contribution in [1.29, 1.82) is 0 Å². The van der Waals surface area contributed by atoms with Crippen LogP contribution in [-0.4, -0.2) is 33.5 Å². The molecule has 2 nitrogen and oxygen atoms in total. The summed E-state index contributed by atoms with van der Waals surface area (Å²) in [6, 6.07) is 10.9. The molecule has 0 amide bonds. The van der Waals surface area contributed by atoms with E-state index in [1.165, 1.54) is 22.6 Å². The average molecular weight is 339 g/mol. The molecule has 2 fully saturated rings. The summed E-state index contributed by atoms with van der Waals surface area (Å²) in [6.45, 7) is 3.05. The van der Waals surface area contributed by atoms with Gasteiger partial charge in [-0.15, -0.1) is 0 Å². The molecule has 1 spiro atoms. The van der Waals surface area contributed by atoms with Crippen molar-refractivity contribution in [2.24, 2.45) is 5.92 Å². The summed E-state index contributed by atoms with van der Waals surface area (Å²) in [5.41, 5.74) is 0. The Bertz CT molecular complexity index is 414. The van der Waals surface area contributed by atoms with Crippen LogP contribution in [0.15, 0.2) is 30.3 Å². The van der Waals surface area contributed by atoms with Gasteiger partial charge in [0.2, 0.25) is 0 Å². The van der Waals surface area contributed by atoms with Gasteiger partial charge in [0.05, 0.1) is 0 Å². The van der Waals surface area contributed by atoms with Crippen molar-refractivity contribution in [3.8, 4) is 0 Å². The first-order valence-corrected chi connectivity index (χ1v) is 9.86. The molecule has 110 valence electrons. The molecule has 0 bridgehead atoms. The topological polar surface area (TPSA) is 18.5 Å². The minimum atomic E-state index is -0.185. The van der Waals surface area contributed by atoms with Crippen LogP contribution in [0.2, 0.25) is 5.32 Å². The number of unbranched alkanes of at least 4 members (excludes halogenated alkanes) is 1. The van der Waals surface area contributed by atoms with E-state index in [-0.39, 0.29) is 5.79 Å². The molecule has 0 radical (unpaired) electrons. The fourth-order valence-corrected chi connectivity index (χ4v) is 5.20. The normalized spacial score (nSPS) is 32.5. The van der Waals surface area contributed by atoms with E-state index >= 15 is 0 Å². The van der Waals surface area contributed by atoms with E-state index in [9.17, 15) is 0 Å². The van der Waals surface area contributed by atoms with Crippen molar-refractivity contribution >= 4 is 19.4 Å². The van der Waals surface area contributed by atoms with E-state index in [0.717, 1.165) is 31.8 Å². The third kappa shape index (κ3) is 3.46. The van der Waals surface area contributed by atoms with Gasteiger partial charge in [-0.1, -0.05) is 0 Å². The maximum atomic E-state index is 6.15. The molecule has 3 heteroatoms. The van der Waals surface area contributed by atoms with Crippen molar-refractivity contribution in [3.05, 3.63) is 30.3 Å². The van der Waals surface area contributed by atoms with Crippen LogP contribution >= 0.6 is 0 Å². The zero-order valence-electron chi connectivity index (χ0n) is 12.2. The Kier molecular flexibility index (Phi) is 4.83. The molecule has 1 aromatic rings. The van der Waals surface area contributed by atoms with Gasteiger partial charge in [0.1, 0.15) is 0 Å². The molecule has 1 atom stereocenters. The monoisotopic (exact) mass is 340 g/mol. The quantitative estimate of drug-likeness (QED) is 0.742. The first-order chi connectivity index (χ1) is 9.80. The number of benzene rings is 1. The van der Waals surface area contributed by atoms with Gasteiger partial charge in [-0.2, -0.15) is 0 Å². The summed E-state index contributed by atoms with van der Waals surface area (Å²) >= 11 is 0.605. The van der Waals surface area contributed by atoms with Crippen molar-refractivity contribution in [2.45, 2.75) is 56.2 Å². The Morgan fingerprint density at radius 1 is 1.25 bits per heavy atom. The minimum absolute atomic E-state index is 0.185. The molecular weight excluding hydrogens is 315 g/mol. The van der Waals surface area contributed by atoms with Crippen molar-refractivity contribution in [1.82, 2.24) is 0 Å². The predicted molar refractivity (Wildman–Crippen MR) is 82.4 cm³/mol. The Morgan fingerprint density at radius 3 is 2.80 bits per heavy atom. The van der Waals surface area contributed by atoms with Crippen LogP contribution in [0.5, 0.6) is 0 Å². The van der Waals surface area contributed by atoms with Crippen LogP contribution < -0.4 is 4.46 Å². The Balaban J connectivity index is 1.38. The van der Waals surface area contributed by atoms with Gasteiger partial charge < -0.3 is 0 Å². The van der Waals surface area contributed by atoms with E-state index in [4.69, 9.17) is 9.47 Å². The summed E-state index contributed by atoms with van der Waals surface area (Å²) in [4.78, 5) is 0. The molecular formula is C17H24O2Se. The van der Waals surface area contributed by atoms with Crippen LogP contribution in [0.1, 0.15) is 39.0 Å². The SMILES string of the molecule is CCCCC1COC2(CC(C[Se]c3ccccc3)C2)O1. The second-order valence-electron chi connectivity index (χ2n) is 6.00. The Labute approximate surface area is 128 Å². The standard InChI is InChI=1S/C17H24O2Se/c1-2-3-7-15-12-18-17(19-15)10-14(11-17)13-20-16-8-5-4-6-9-16/h4-6,8-9,14-15H,2-3,7,10-13H2,1H3. The van der Waals surface area contributed by atoms with Crippen LogP contribution in [-0.2, 0) is 9.47 Å². The maximum absolute atomic E-state index is 6.15. The number of rotatable bonds is 6. The molecule has 1 saturated heterocycles. The van der Waals surface area contributed by atoms with Crippen molar-refractivity contribution in [3.63, 3.8) is 0 Å². The molecule has 1 saturated carbocycles. The van der Waals surface area contributed by atoms with E-state index in [1.54, 1.807) is 0 Å². The Morgan fingerprint density at radius 2 is 2.05 bits per heavy atom. The van der Waals surface area contributed by atoms with Crippen molar-refractivity contribution in [2.75, 3.05) is 6.61 Å². The van der Waals surface area contributed by atoms with Crippen LogP contribution in [0.25, 0.3) is 0 Å². The third-order valence-electron chi connectivity index (χ3n) is 4.22. The van der Waals surface area contributed by atoms with Gasteiger partial charge in [0.25, 0.3) is 0 Å². The number of hydrogen-bond donors (Lipinski definition) is 0. The summed E-state index contributed by atoms with van der Waals surface area (Å²) in [5, 5.41) is 1.32. The van der Waals surface area contributed by atoms with Crippen LogP contribution in [0.3, 0.4) is 0 Å². The molecule has 3 rings (SSSR count). The van der Waals surface area contributed by atoms with Gasteiger partial charge >= 0.3 is 128 Å². The number of ether oxygens (including phenoxy) is 2. The summed E-state index contributed by atoms with van der Waals surface area (Å²) < 4.78 is 13.6. The van der Waals surface area contributed by atoms with Gasteiger partial charge in [-0.25, -0.2) is 0 Å². The average Bonchev–Trinajstić information content (AvgIpc) is 2.87. The molecule has 20 heavy (non-hydrogen) atoms. The molecule has 1 aliphatic carbocycles. The second-order valence-corrected chi connectivity index (χ2v) is 8.30. The first-order valence-electron chi connectivity index (χ1n) is 7.79. The fourth-order valence-electron chi connectivity index (χ4n) is 3.07. The summed E-state index contributed by atoms with van der Waals surface area (Å²) in [6.07, 6.45) is 6.25. The number of hydrogen-bond acceptors (Lipinski definition) is 2. The molecule has 0 N–H and O–H groups in total. The van der Waals surface area contributed by atoms with E-state index < -0.39 is 0 Å². The van der Waals surface area contributed by atoms with Crippen LogP contribution in [0.4, 0.5) is 0 Å². The van der Waals surface area contributed by atoms with Gasteiger partial charge in [0.15, 0.2) is 0 Å². The second kappa shape index (κ2) is 6.61. The molecule has 1 aliphatic heterocycles. The van der Waals surface area contributed by atoms with Crippen LogP contribution in [0, 0.1) is 5.92 Å². The van der Waals surface area contributed by atoms with Gasteiger partial charge in [0, 0.05) is 0 Å². The molecule has 1 unspecified atom stereocenters. The summed E-state index contributed by atoms with van der Waals surface area (Å²) in [5.74, 6) is 0.621. The zero-order valence-corrected chi connectivity index (χ0v) is 13.9. The van der Waals surface area contributed by atoms with Gasteiger partial charge in [-0.05, 0) is 0 Å². The molecule has 2 aliphatic rings. The summed E-state index contributed by atoms with van der Waals surface area (Å²) in [7, 11) is 0. The van der Waals surface area contributed by atoms with E-state index in [1.807, 2.05) is 0 Å². The van der Waals surface area contributed by atoms with Gasteiger partial charge in [-0.3, -0.25) is 0 Å². The molecule has 1 aromatic carbocycles. The fraction of sp³-hybridized carbons (Fsp3) is 0.647. The zero-order chi connectivity index (χ0) is 13.8. The Hall–Kier alpha value is -0.341. The molecule has 0 aromatic heterocycles.